The van der Waals surface area contributed by atoms with Crippen molar-refractivity contribution >= 4 is 5.91 Å². The molecular formula is C25H24N4O2. The normalized spacial score (nSPS) is 10.7. The molecule has 1 amide bonds. The number of hydrogen-bond donors (Lipinski definition) is 1. The highest BCUT2D eigenvalue weighted by Crippen LogP contribution is 2.09. The fourth-order valence-corrected chi connectivity index (χ4v) is 3.28. The number of nitrogens with zero attached hydrogens (tertiary/aromatic N) is 3. The fourth-order valence-electron chi connectivity index (χ4n) is 3.28. The Morgan fingerprint density at radius 1 is 0.903 bits per heavy atom. The van der Waals surface area contributed by atoms with Gasteiger partial charge in [-0.3, -0.25) is 14.3 Å². The average molecular weight is 412 g/mol. The van der Waals surface area contributed by atoms with Crippen molar-refractivity contribution in [2.45, 2.75) is 26.6 Å². The molecule has 0 aliphatic heterocycles. The molecule has 0 aliphatic rings. The zero-order chi connectivity index (χ0) is 21.6. The SMILES string of the molecule is Cc1ccc(CNC(=O)c2cnn(Cc3ccc(Cn4ccccc4=O)cc3)c2)cc1. The highest BCUT2D eigenvalue weighted by atomic mass is 16.1. The Morgan fingerprint density at radius 3 is 2.29 bits per heavy atom. The monoisotopic (exact) mass is 412 g/mol. The highest BCUT2D eigenvalue weighted by Gasteiger charge is 2.09. The minimum Gasteiger partial charge on any atom is -0.348 e. The van der Waals surface area contributed by atoms with Gasteiger partial charge >= 0.3 is 0 Å². The van der Waals surface area contributed by atoms with Crippen molar-refractivity contribution in [2.75, 3.05) is 0 Å². The van der Waals surface area contributed by atoms with E-state index in [9.17, 15) is 9.59 Å². The molecule has 0 atom stereocenters. The Kier molecular flexibility index (Phi) is 6.08. The van der Waals surface area contributed by atoms with Gasteiger partial charge in [0, 0.05) is 25.0 Å². The van der Waals surface area contributed by atoms with Crippen LogP contribution in [0.3, 0.4) is 0 Å². The summed E-state index contributed by atoms with van der Waals surface area (Å²) in [5, 5.41) is 7.24. The molecule has 0 fully saturated rings. The number of benzene rings is 2. The van der Waals surface area contributed by atoms with Crippen LogP contribution in [0.15, 0.2) is 90.1 Å². The van der Waals surface area contributed by atoms with E-state index < -0.39 is 0 Å². The van der Waals surface area contributed by atoms with Gasteiger partial charge < -0.3 is 9.88 Å². The molecule has 0 radical (unpaired) electrons. The lowest BCUT2D eigenvalue weighted by atomic mass is 10.1. The van der Waals surface area contributed by atoms with Gasteiger partial charge in [-0.25, -0.2) is 0 Å². The van der Waals surface area contributed by atoms with Crippen LogP contribution in [0, 0.1) is 6.92 Å². The number of carbonyl (C=O) groups excluding carboxylic acids is 1. The molecule has 6 heteroatoms. The zero-order valence-electron chi connectivity index (χ0n) is 17.4. The van der Waals surface area contributed by atoms with E-state index >= 15 is 0 Å². The van der Waals surface area contributed by atoms with Crippen molar-refractivity contribution in [1.29, 1.82) is 0 Å². The van der Waals surface area contributed by atoms with Gasteiger partial charge in [0.25, 0.3) is 11.5 Å². The van der Waals surface area contributed by atoms with Gasteiger partial charge in [-0.2, -0.15) is 5.10 Å². The summed E-state index contributed by atoms with van der Waals surface area (Å²) in [5.41, 5.74) is 4.89. The van der Waals surface area contributed by atoms with Crippen LogP contribution in [-0.4, -0.2) is 20.3 Å². The lowest BCUT2D eigenvalue weighted by molar-refractivity contribution is 0.0951. The van der Waals surface area contributed by atoms with Crippen molar-refractivity contribution < 1.29 is 4.79 Å². The van der Waals surface area contributed by atoms with Crippen LogP contribution in [0.5, 0.6) is 0 Å². The Labute approximate surface area is 180 Å². The second-order valence-electron chi connectivity index (χ2n) is 7.58. The van der Waals surface area contributed by atoms with E-state index in [-0.39, 0.29) is 11.5 Å². The maximum absolute atomic E-state index is 12.4. The molecule has 6 nitrogen and oxygen atoms in total. The molecule has 2 aromatic heterocycles. The number of nitrogens with one attached hydrogen (secondary N) is 1. The summed E-state index contributed by atoms with van der Waals surface area (Å²) in [4.78, 5) is 24.3. The number of hydrogen-bond acceptors (Lipinski definition) is 3. The molecule has 31 heavy (non-hydrogen) atoms. The number of pyridine rings is 1. The first kappa shape index (κ1) is 20.3. The third-order valence-electron chi connectivity index (χ3n) is 5.09. The van der Waals surface area contributed by atoms with E-state index in [1.807, 2.05) is 61.5 Å². The Hall–Kier alpha value is -3.93. The summed E-state index contributed by atoms with van der Waals surface area (Å²) in [7, 11) is 0. The van der Waals surface area contributed by atoms with Crippen LogP contribution in [0.2, 0.25) is 0 Å². The van der Waals surface area contributed by atoms with E-state index in [1.54, 1.807) is 40.0 Å². The number of rotatable bonds is 7. The first-order valence-corrected chi connectivity index (χ1v) is 10.2. The summed E-state index contributed by atoms with van der Waals surface area (Å²) in [5.74, 6) is -0.143. The van der Waals surface area contributed by atoms with E-state index in [1.165, 1.54) is 5.56 Å². The van der Waals surface area contributed by atoms with E-state index in [0.29, 0.717) is 25.2 Å². The molecule has 2 aromatic carbocycles. The Balaban J connectivity index is 1.34. The summed E-state index contributed by atoms with van der Waals surface area (Å²) in [6, 6.07) is 21.3. The van der Waals surface area contributed by atoms with Gasteiger partial charge in [0.05, 0.1) is 24.8 Å². The molecule has 4 rings (SSSR count). The van der Waals surface area contributed by atoms with Crippen molar-refractivity contribution in [2.24, 2.45) is 0 Å². The smallest absolute Gasteiger partial charge is 0.254 e. The largest absolute Gasteiger partial charge is 0.348 e. The second kappa shape index (κ2) is 9.26. The Morgan fingerprint density at radius 2 is 1.58 bits per heavy atom. The lowest BCUT2D eigenvalue weighted by Gasteiger charge is -2.07. The lowest BCUT2D eigenvalue weighted by Crippen LogP contribution is -2.22. The summed E-state index contributed by atoms with van der Waals surface area (Å²) >= 11 is 0. The number of aromatic nitrogens is 3. The first-order valence-electron chi connectivity index (χ1n) is 10.2. The molecule has 4 aromatic rings. The molecule has 156 valence electrons. The first-order chi connectivity index (χ1) is 15.1. The van der Waals surface area contributed by atoms with Gasteiger partial charge in [0.1, 0.15) is 0 Å². The summed E-state index contributed by atoms with van der Waals surface area (Å²) in [6.07, 6.45) is 5.12. The number of amides is 1. The third kappa shape index (κ3) is 5.36. The number of carbonyl (C=O) groups is 1. The van der Waals surface area contributed by atoms with Gasteiger partial charge in [0.15, 0.2) is 0 Å². The summed E-state index contributed by atoms with van der Waals surface area (Å²) in [6.45, 7) is 3.62. The minimum atomic E-state index is -0.143. The summed E-state index contributed by atoms with van der Waals surface area (Å²) < 4.78 is 3.42. The number of aryl methyl sites for hydroxylation is 1. The van der Waals surface area contributed by atoms with Crippen molar-refractivity contribution in [3.63, 3.8) is 0 Å². The van der Waals surface area contributed by atoms with E-state index in [2.05, 4.69) is 10.4 Å². The third-order valence-corrected chi connectivity index (χ3v) is 5.09. The predicted octanol–water partition coefficient (Wildman–Crippen LogP) is 3.38. The van der Waals surface area contributed by atoms with Crippen LogP contribution in [0.1, 0.15) is 32.6 Å². The molecule has 1 N–H and O–H groups in total. The fraction of sp³-hybridized carbons (Fsp3) is 0.160. The molecule has 2 heterocycles. The average Bonchev–Trinajstić information content (AvgIpc) is 3.25. The molecule has 0 aliphatic carbocycles. The van der Waals surface area contributed by atoms with Crippen molar-refractivity contribution in [1.82, 2.24) is 19.7 Å². The van der Waals surface area contributed by atoms with Crippen LogP contribution in [0.4, 0.5) is 0 Å². The van der Waals surface area contributed by atoms with Crippen LogP contribution >= 0.6 is 0 Å². The maximum Gasteiger partial charge on any atom is 0.254 e. The molecule has 0 spiro atoms. The van der Waals surface area contributed by atoms with Crippen LogP contribution < -0.4 is 10.9 Å². The van der Waals surface area contributed by atoms with Gasteiger partial charge in [-0.1, -0.05) is 60.2 Å². The standard InChI is InChI=1S/C25H24N4O2/c1-19-5-7-20(8-6-19)14-26-25(31)23-15-27-29(18-23)17-22-11-9-21(10-12-22)16-28-13-3-2-4-24(28)30/h2-13,15,18H,14,16-17H2,1H3,(H,26,31). The molecular weight excluding hydrogens is 388 g/mol. The van der Waals surface area contributed by atoms with Gasteiger partial charge in [-0.05, 0) is 29.7 Å². The second-order valence-corrected chi connectivity index (χ2v) is 7.58. The minimum absolute atomic E-state index is 0.0173. The van der Waals surface area contributed by atoms with Crippen LogP contribution in [0.25, 0.3) is 0 Å². The van der Waals surface area contributed by atoms with Crippen molar-refractivity contribution in [3.8, 4) is 0 Å². The Bertz CT molecular complexity index is 1220. The van der Waals surface area contributed by atoms with Crippen LogP contribution in [-0.2, 0) is 19.6 Å². The topological polar surface area (TPSA) is 68.9 Å². The highest BCUT2D eigenvalue weighted by molar-refractivity contribution is 5.93. The van der Waals surface area contributed by atoms with E-state index in [0.717, 1.165) is 16.7 Å². The quantitative estimate of drug-likeness (QED) is 0.506. The molecule has 0 unspecified atom stereocenters. The van der Waals surface area contributed by atoms with Gasteiger partial charge in [-0.15, -0.1) is 0 Å². The van der Waals surface area contributed by atoms with E-state index in [4.69, 9.17) is 0 Å². The predicted molar refractivity (Wildman–Crippen MR) is 120 cm³/mol. The van der Waals surface area contributed by atoms with Gasteiger partial charge in [0.2, 0.25) is 0 Å². The molecule has 0 bridgehead atoms. The van der Waals surface area contributed by atoms with Crippen molar-refractivity contribution in [3.05, 3.63) is 123 Å². The zero-order valence-corrected chi connectivity index (χ0v) is 17.4. The maximum atomic E-state index is 12.4. The molecule has 0 saturated heterocycles. The molecule has 0 saturated carbocycles.